The van der Waals surface area contributed by atoms with Gasteiger partial charge in [0.05, 0.1) is 29.4 Å². The SMILES string of the molecule is COC(=O)c1cc(C(=O)O)c(C(=O)O)c(C(=O)O)c1. The fourth-order valence-corrected chi connectivity index (χ4v) is 1.45. The lowest BCUT2D eigenvalue weighted by molar-refractivity contribution is 0.0597. The highest BCUT2D eigenvalue weighted by Crippen LogP contribution is 2.19. The molecule has 1 aromatic carbocycles. The van der Waals surface area contributed by atoms with Gasteiger partial charge in [0.1, 0.15) is 0 Å². The van der Waals surface area contributed by atoms with E-state index < -0.39 is 40.6 Å². The second kappa shape index (κ2) is 5.17. The molecule has 1 aromatic rings. The van der Waals surface area contributed by atoms with E-state index in [1.54, 1.807) is 0 Å². The number of aromatic carboxylic acids is 3. The summed E-state index contributed by atoms with van der Waals surface area (Å²) in [6.07, 6.45) is 0. The number of carboxylic acid groups (broad SMARTS) is 3. The molecule has 0 saturated heterocycles. The summed E-state index contributed by atoms with van der Waals surface area (Å²) >= 11 is 0. The zero-order valence-corrected chi connectivity index (χ0v) is 9.54. The second-order valence-corrected chi connectivity index (χ2v) is 3.35. The molecule has 8 nitrogen and oxygen atoms in total. The van der Waals surface area contributed by atoms with E-state index in [0.29, 0.717) is 0 Å². The lowest BCUT2D eigenvalue weighted by atomic mass is 9.97. The van der Waals surface area contributed by atoms with Gasteiger partial charge in [-0.1, -0.05) is 0 Å². The molecule has 0 fully saturated rings. The van der Waals surface area contributed by atoms with Gasteiger partial charge in [-0.3, -0.25) is 0 Å². The Hall–Kier alpha value is -2.90. The number of benzene rings is 1. The quantitative estimate of drug-likeness (QED) is 0.673. The van der Waals surface area contributed by atoms with E-state index in [0.717, 1.165) is 19.2 Å². The predicted octanol–water partition coefficient (Wildman–Crippen LogP) is 0.568. The third-order valence-corrected chi connectivity index (χ3v) is 2.23. The van der Waals surface area contributed by atoms with Crippen molar-refractivity contribution in [1.82, 2.24) is 0 Å². The van der Waals surface area contributed by atoms with Crippen molar-refractivity contribution in [2.75, 3.05) is 7.11 Å². The van der Waals surface area contributed by atoms with Crippen LogP contribution in [0.25, 0.3) is 0 Å². The van der Waals surface area contributed by atoms with Gasteiger partial charge in [0.2, 0.25) is 0 Å². The molecular weight excluding hydrogens is 260 g/mol. The van der Waals surface area contributed by atoms with E-state index in [1.165, 1.54) is 0 Å². The van der Waals surface area contributed by atoms with Gasteiger partial charge in [-0.2, -0.15) is 0 Å². The van der Waals surface area contributed by atoms with Crippen LogP contribution in [0.4, 0.5) is 0 Å². The molecular formula is C11H8O8. The monoisotopic (exact) mass is 268 g/mol. The first-order valence-corrected chi connectivity index (χ1v) is 4.75. The number of ether oxygens (including phenoxy) is 1. The molecule has 0 radical (unpaired) electrons. The zero-order valence-electron chi connectivity index (χ0n) is 9.54. The Morgan fingerprint density at radius 3 is 1.58 bits per heavy atom. The third-order valence-electron chi connectivity index (χ3n) is 2.23. The highest BCUT2D eigenvalue weighted by atomic mass is 16.5. The van der Waals surface area contributed by atoms with Crippen molar-refractivity contribution in [3.63, 3.8) is 0 Å². The van der Waals surface area contributed by atoms with Crippen LogP contribution in [0.1, 0.15) is 41.4 Å². The first kappa shape index (κ1) is 14.2. The number of esters is 1. The lowest BCUT2D eigenvalue weighted by Gasteiger charge is -2.08. The number of carbonyl (C=O) groups is 4. The summed E-state index contributed by atoms with van der Waals surface area (Å²) in [4.78, 5) is 44.2. The Bertz CT molecular complexity index is 551. The smallest absolute Gasteiger partial charge is 0.337 e. The van der Waals surface area contributed by atoms with E-state index >= 15 is 0 Å². The molecule has 0 unspecified atom stereocenters. The van der Waals surface area contributed by atoms with E-state index in [4.69, 9.17) is 15.3 Å². The normalized spacial score (nSPS) is 9.74. The Labute approximate surface area is 105 Å². The predicted molar refractivity (Wildman–Crippen MR) is 58.7 cm³/mol. The van der Waals surface area contributed by atoms with Crippen LogP contribution in [0, 0.1) is 0 Å². The number of carbonyl (C=O) groups excluding carboxylic acids is 1. The number of carboxylic acids is 3. The molecule has 0 aliphatic heterocycles. The lowest BCUT2D eigenvalue weighted by Crippen LogP contribution is -2.17. The minimum atomic E-state index is -1.72. The molecule has 0 heterocycles. The minimum absolute atomic E-state index is 0.359. The van der Waals surface area contributed by atoms with Crippen molar-refractivity contribution >= 4 is 23.9 Å². The van der Waals surface area contributed by atoms with Crippen molar-refractivity contribution in [3.05, 3.63) is 34.4 Å². The maximum atomic E-state index is 11.3. The number of rotatable bonds is 4. The molecule has 19 heavy (non-hydrogen) atoms. The summed E-state index contributed by atoms with van der Waals surface area (Å²) in [6, 6.07) is 1.51. The molecule has 0 amide bonds. The Kier molecular flexibility index (Phi) is 3.85. The Morgan fingerprint density at radius 2 is 1.32 bits per heavy atom. The van der Waals surface area contributed by atoms with Gasteiger partial charge >= 0.3 is 23.9 Å². The average molecular weight is 268 g/mol. The van der Waals surface area contributed by atoms with Crippen molar-refractivity contribution in [2.45, 2.75) is 0 Å². The Balaban J connectivity index is 3.72. The molecule has 0 spiro atoms. The maximum absolute atomic E-state index is 11.3. The van der Waals surface area contributed by atoms with E-state index in [9.17, 15) is 19.2 Å². The maximum Gasteiger partial charge on any atom is 0.337 e. The van der Waals surface area contributed by atoms with Crippen LogP contribution >= 0.6 is 0 Å². The second-order valence-electron chi connectivity index (χ2n) is 3.35. The molecule has 1 rings (SSSR count). The number of methoxy groups -OCH3 is 1. The summed E-state index contributed by atoms with van der Waals surface area (Å²) in [5.74, 6) is -6.01. The van der Waals surface area contributed by atoms with Crippen LogP contribution in [-0.2, 0) is 4.74 Å². The van der Waals surface area contributed by atoms with Crippen LogP contribution in [0.5, 0.6) is 0 Å². The minimum Gasteiger partial charge on any atom is -0.478 e. The topological polar surface area (TPSA) is 138 Å². The molecule has 100 valence electrons. The molecule has 0 aromatic heterocycles. The molecule has 3 N–H and O–H groups in total. The number of hydrogen-bond donors (Lipinski definition) is 3. The Morgan fingerprint density at radius 1 is 0.895 bits per heavy atom. The van der Waals surface area contributed by atoms with Gasteiger partial charge < -0.3 is 20.1 Å². The van der Waals surface area contributed by atoms with Gasteiger partial charge in [0.15, 0.2) is 0 Å². The van der Waals surface area contributed by atoms with Crippen molar-refractivity contribution in [1.29, 1.82) is 0 Å². The number of hydrogen-bond acceptors (Lipinski definition) is 5. The van der Waals surface area contributed by atoms with E-state index in [2.05, 4.69) is 4.74 Å². The summed E-state index contributed by atoms with van der Waals surface area (Å²) < 4.78 is 4.33. The van der Waals surface area contributed by atoms with E-state index in [-0.39, 0.29) is 5.56 Å². The molecule has 8 heteroatoms. The van der Waals surface area contributed by atoms with Crippen molar-refractivity contribution in [2.24, 2.45) is 0 Å². The van der Waals surface area contributed by atoms with Crippen LogP contribution in [-0.4, -0.2) is 46.3 Å². The first-order chi connectivity index (χ1) is 8.79. The summed E-state index contributed by atoms with van der Waals surface area (Å²) in [5.41, 5.74) is -2.85. The van der Waals surface area contributed by atoms with Gasteiger partial charge in [0, 0.05) is 0 Å². The van der Waals surface area contributed by atoms with Gasteiger partial charge in [-0.05, 0) is 12.1 Å². The molecule has 0 saturated carbocycles. The van der Waals surface area contributed by atoms with Crippen LogP contribution < -0.4 is 0 Å². The largest absolute Gasteiger partial charge is 0.478 e. The molecule has 0 aliphatic rings. The van der Waals surface area contributed by atoms with Gasteiger partial charge in [-0.25, -0.2) is 19.2 Å². The van der Waals surface area contributed by atoms with Crippen LogP contribution in [0.15, 0.2) is 12.1 Å². The highest BCUT2D eigenvalue weighted by Gasteiger charge is 2.26. The third kappa shape index (κ3) is 2.68. The average Bonchev–Trinajstić information content (AvgIpc) is 2.35. The van der Waals surface area contributed by atoms with Crippen LogP contribution in [0.2, 0.25) is 0 Å². The summed E-state index contributed by atoms with van der Waals surface area (Å²) in [7, 11) is 1.02. The molecule has 0 atom stereocenters. The van der Waals surface area contributed by atoms with Crippen LogP contribution in [0.3, 0.4) is 0 Å². The molecule has 0 aliphatic carbocycles. The fourth-order valence-electron chi connectivity index (χ4n) is 1.45. The van der Waals surface area contributed by atoms with Crippen molar-refractivity contribution < 1.29 is 39.2 Å². The fraction of sp³-hybridized carbons (Fsp3) is 0.0909. The summed E-state index contributed by atoms with van der Waals surface area (Å²) in [6.45, 7) is 0. The zero-order chi connectivity index (χ0) is 14.7. The standard InChI is InChI=1S/C11H8O8/c1-19-11(18)4-2-5(8(12)13)7(10(16)17)6(3-4)9(14)15/h2-3H,1H3,(H,12,13)(H,14,15)(H,16,17). The summed E-state index contributed by atoms with van der Waals surface area (Å²) in [5, 5.41) is 26.7. The highest BCUT2D eigenvalue weighted by molar-refractivity contribution is 6.11. The van der Waals surface area contributed by atoms with E-state index in [1.807, 2.05) is 0 Å². The van der Waals surface area contributed by atoms with Crippen molar-refractivity contribution in [3.8, 4) is 0 Å². The van der Waals surface area contributed by atoms with Gasteiger partial charge in [-0.15, -0.1) is 0 Å². The first-order valence-electron chi connectivity index (χ1n) is 4.75. The molecule has 0 bridgehead atoms. The van der Waals surface area contributed by atoms with Gasteiger partial charge in [0.25, 0.3) is 0 Å².